The molecule has 0 aliphatic carbocycles. The molecule has 0 N–H and O–H groups in total. The van der Waals surface area contributed by atoms with Crippen LogP contribution >= 0.6 is 104 Å². The summed E-state index contributed by atoms with van der Waals surface area (Å²) in [7, 11) is 0. The highest BCUT2D eigenvalue weighted by molar-refractivity contribution is 6.70. The van der Waals surface area contributed by atoms with Crippen molar-refractivity contribution in [2.75, 3.05) is 0 Å². The van der Waals surface area contributed by atoms with E-state index in [4.69, 9.17) is 104 Å². The van der Waals surface area contributed by atoms with Crippen LogP contribution in [0.5, 0.6) is 0 Å². The predicted molar refractivity (Wildman–Crippen MR) is 73.6 cm³/mol. The Balaban J connectivity index is 4.82. The summed E-state index contributed by atoms with van der Waals surface area (Å²) in [5.41, 5.74) is 0. The minimum atomic E-state index is -1.72. The maximum atomic E-state index is 5.81. The van der Waals surface area contributed by atoms with Gasteiger partial charge in [0, 0.05) is 6.42 Å². The Hall–Kier alpha value is 2.35. The van der Waals surface area contributed by atoms with Crippen molar-refractivity contribution < 1.29 is 0 Å². The second kappa shape index (κ2) is 5.99. The van der Waals surface area contributed by atoms with Gasteiger partial charge in [-0.15, -0.1) is 0 Å². The first-order chi connectivity index (χ1) is 6.33. The van der Waals surface area contributed by atoms with Crippen molar-refractivity contribution in [3.05, 3.63) is 11.1 Å². The van der Waals surface area contributed by atoms with Gasteiger partial charge >= 0.3 is 0 Å². The molecule has 0 heterocycles. The number of rotatable bonds is 2. The van der Waals surface area contributed by atoms with Gasteiger partial charge in [0.25, 0.3) is 0 Å². The summed E-state index contributed by atoms with van der Waals surface area (Å²) in [6.45, 7) is 0. The largest absolute Gasteiger partial charge is 0.210 e. The second-order valence-corrected chi connectivity index (χ2v) is 9.31. The summed E-state index contributed by atoms with van der Waals surface area (Å²) in [5, 5.41) is -0.128. The van der Waals surface area contributed by atoms with Crippen molar-refractivity contribution in [2.45, 2.75) is 18.3 Å². The molecule has 9 heteroatoms. The molecule has 0 fully saturated rings. The van der Waals surface area contributed by atoms with Gasteiger partial charge in [-0.3, -0.25) is 0 Å². The third kappa shape index (κ3) is 8.99. The van der Waals surface area contributed by atoms with Crippen LogP contribution in [0.2, 0.25) is 0 Å². The molecule has 0 saturated carbocycles. The van der Waals surface area contributed by atoms with Crippen LogP contribution in [-0.2, 0) is 0 Å². The van der Waals surface area contributed by atoms with E-state index in [1.165, 1.54) is 0 Å². The molecule has 0 radical (unpaired) electrons. The Bertz CT molecular complexity index is 242. The molecule has 0 saturated heterocycles. The van der Waals surface area contributed by atoms with E-state index < -0.39 is 11.9 Å². The molecule has 0 aromatic rings. The van der Waals surface area contributed by atoms with Crippen LogP contribution in [0.15, 0.2) is 11.1 Å². The topological polar surface area (TPSA) is 0 Å². The van der Waals surface area contributed by atoms with Crippen LogP contribution in [0.4, 0.5) is 0 Å². The van der Waals surface area contributed by atoms with E-state index in [-0.39, 0.29) is 11.5 Å². The van der Waals surface area contributed by atoms with Gasteiger partial charge in [-0.05, 0) is 6.08 Å². The summed E-state index contributed by atoms with van der Waals surface area (Å²) < 4.78 is -5.01. The Morgan fingerprint density at radius 3 is 1.53 bits per heavy atom. The quantitative estimate of drug-likeness (QED) is 0.475. The molecule has 0 aromatic carbocycles. The molecule has 0 aromatic heterocycles. The van der Waals surface area contributed by atoms with Gasteiger partial charge in [-0.25, -0.2) is 0 Å². The molecule has 0 atom stereocenters. The van der Waals surface area contributed by atoms with Crippen molar-refractivity contribution in [2.24, 2.45) is 0 Å². The van der Waals surface area contributed by atoms with E-state index in [0.717, 1.165) is 6.08 Å². The van der Waals surface area contributed by atoms with Crippen LogP contribution in [-0.4, -0.2) is 11.9 Å². The highest BCUT2D eigenvalue weighted by atomic mass is 35.6. The molecule has 0 amide bonds. The summed E-state index contributed by atoms with van der Waals surface area (Å²) >= 11 is 50.3. The number of hydrogen-bond donors (Lipinski definition) is 0. The van der Waals surface area contributed by atoms with Crippen molar-refractivity contribution in [1.82, 2.24) is 0 Å². The highest BCUT2D eigenvalue weighted by Gasteiger charge is 2.39. The average Bonchev–Trinajstić information content (AvgIpc) is 1.75. The fourth-order valence-electron chi connectivity index (χ4n) is 0.585. The van der Waals surface area contributed by atoms with E-state index in [9.17, 15) is 0 Å². The molecule has 0 aliphatic rings. The average molecular weight is 394 g/mol. The lowest BCUT2D eigenvalue weighted by Crippen LogP contribution is -2.22. The van der Waals surface area contributed by atoms with Crippen molar-refractivity contribution >= 4 is 104 Å². The lowest BCUT2D eigenvalue weighted by molar-refractivity contribution is 0.816. The number of allylic oxidation sites excluding steroid dienone is 2. The Kier molecular flexibility index (Phi) is 6.93. The summed E-state index contributed by atoms with van der Waals surface area (Å²) in [6, 6.07) is 0. The van der Waals surface area contributed by atoms with Crippen LogP contribution in [0.25, 0.3) is 0 Å². The van der Waals surface area contributed by atoms with Crippen molar-refractivity contribution in [3.8, 4) is 0 Å². The first kappa shape index (κ1) is 17.4. The standard InChI is InChI=1S/C6H3Cl9/c7-3(1-5(10,11)12)4(8,9)2-6(13,14)15/h1H,2H2. The number of halogens is 9. The second-order valence-electron chi connectivity index (χ2n) is 2.53. The molecule has 0 spiro atoms. The zero-order chi connectivity index (χ0) is 12.5. The van der Waals surface area contributed by atoms with E-state index in [2.05, 4.69) is 0 Å². The van der Waals surface area contributed by atoms with Crippen LogP contribution in [0.3, 0.4) is 0 Å². The van der Waals surface area contributed by atoms with Crippen LogP contribution < -0.4 is 0 Å². The van der Waals surface area contributed by atoms with Gasteiger partial charge in [0.15, 0.2) is 8.13 Å². The molecule has 0 nitrogen and oxygen atoms in total. The van der Waals surface area contributed by atoms with Gasteiger partial charge in [-0.1, -0.05) is 104 Å². The monoisotopic (exact) mass is 390 g/mol. The molecule has 90 valence electrons. The smallest absolute Gasteiger partial charge is 0.0952 e. The zero-order valence-electron chi connectivity index (χ0n) is 6.69. The third-order valence-corrected chi connectivity index (χ3v) is 3.09. The van der Waals surface area contributed by atoms with Gasteiger partial charge in [0.05, 0.1) is 5.03 Å². The molecule has 0 unspecified atom stereocenters. The predicted octanol–water partition coefficient (Wildman–Crippen LogP) is 6.41. The molecule has 0 rings (SSSR count). The minimum Gasteiger partial charge on any atom is -0.0952 e. The lowest BCUT2D eigenvalue weighted by Gasteiger charge is -2.24. The zero-order valence-corrected chi connectivity index (χ0v) is 13.5. The maximum Gasteiger partial charge on any atom is 0.210 e. The lowest BCUT2D eigenvalue weighted by atomic mass is 10.3. The van der Waals surface area contributed by atoms with Crippen molar-refractivity contribution in [3.63, 3.8) is 0 Å². The fourth-order valence-corrected chi connectivity index (χ4v) is 2.83. The SMILES string of the molecule is ClC(=CC(Cl)(Cl)Cl)C(Cl)(Cl)CC(Cl)(Cl)Cl. The Morgan fingerprint density at radius 2 is 1.27 bits per heavy atom. The Labute approximate surface area is 133 Å². The number of hydrogen-bond acceptors (Lipinski definition) is 0. The maximum absolute atomic E-state index is 5.81. The minimum absolute atomic E-state index is 0.128. The van der Waals surface area contributed by atoms with E-state index in [1.54, 1.807) is 0 Å². The van der Waals surface area contributed by atoms with Gasteiger partial charge in [-0.2, -0.15) is 0 Å². The molecule has 0 aliphatic heterocycles. The fraction of sp³-hybridized carbons (Fsp3) is 0.667. The normalized spacial score (nSPS) is 15.7. The first-order valence-electron chi connectivity index (χ1n) is 3.24. The van der Waals surface area contributed by atoms with Crippen LogP contribution in [0, 0.1) is 0 Å². The molecular formula is C6H3Cl9. The summed E-state index contributed by atoms with van der Waals surface area (Å²) in [5.74, 6) is 0. The summed E-state index contributed by atoms with van der Waals surface area (Å²) in [6.07, 6.45) is 0.791. The van der Waals surface area contributed by atoms with Gasteiger partial charge < -0.3 is 0 Å². The van der Waals surface area contributed by atoms with Gasteiger partial charge in [0.1, 0.15) is 0 Å². The molecular weight excluding hydrogens is 391 g/mol. The van der Waals surface area contributed by atoms with Crippen molar-refractivity contribution in [1.29, 1.82) is 0 Å². The highest BCUT2D eigenvalue weighted by Crippen LogP contribution is 2.47. The van der Waals surface area contributed by atoms with Gasteiger partial charge in [0.2, 0.25) is 3.79 Å². The van der Waals surface area contributed by atoms with Crippen LogP contribution in [0.1, 0.15) is 6.42 Å². The summed E-state index contributed by atoms with van der Waals surface area (Å²) in [4.78, 5) is 0. The van der Waals surface area contributed by atoms with E-state index in [0.29, 0.717) is 0 Å². The van der Waals surface area contributed by atoms with E-state index >= 15 is 0 Å². The first-order valence-corrected chi connectivity index (χ1v) is 6.64. The number of alkyl halides is 8. The Morgan fingerprint density at radius 1 is 0.867 bits per heavy atom. The third-order valence-electron chi connectivity index (χ3n) is 1.06. The molecule has 15 heavy (non-hydrogen) atoms. The molecule has 0 bridgehead atoms. The van der Waals surface area contributed by atoms with E-state index in [1.807, 2.05) is 0 Å².